The highest BCUT2D eigenvalue weighted by Gasteiger charge is 2.20. The van der Waals surface area contributed by atoms with Crippen LogP contribution < -0.4 is 15.2 Å². The average molecular weight is 417 g/mol. The van der Waals surface area contributed by atoms with Crippen LogP contribution in [0.5, 0.6) is 11.5 Å². The van der Waals surface area contributed by atoms with Crippen molar-refractivity contribution in [1.29, 1.82) is 0 Å². The number of hydrogen-bond acceptors (Lipinski definition) is 9. The zero-order valence-electron chi connectivity index (χ0n) is 14.0. The molecule has 0 radical (unpaired) electrons. The van der Waals surface area contributed by atoms with Crippen molar-refractivity contribution in [1.82, 2.24) is 0 Å². The van der Waals surface area contributed by atoms with Crippen LogP contribution in [0, 0.1) is 0 Å². The van der Waals surface area contributed by atoms with E-state index in [0.717, 1.165) is 18.2 Å². The highest BCUT2D eigenvalue weighted by molar-refractivity contribution is 7.86. The lowest BCUT2D eigenvalue weighted by Crippen LogP contribution is -2.02. The molecule has 0 saturated carbocycles. The van der Waals surface area contributed by atoms with Gasteiger partial charge < -0.3 is 15.2 Å². The molecule has 27 heavy (non-hydrogen) atoms. The summed E-state index contributed by atoms with van der Waals surface area (Å²) in [4.78, 5) is -1.34. The highest BCUT2D eigenvalue weighted by Crippen LogP contribution is 2.38. The Morgan fingerprint density at radius 1 is 0.852 bits per heavy atom. The van der Waals surface area contributed by atoms with Gasteiger partial charge in [-0.3, -0.25) is 9.11 Å². The molecule has 13 heteroatoms. The quantitative estimate of drug-likeness (QED) is 0.361. The van der Waals surface area contributed by atoms with Crippen molar-refractivity contribution in [2.24, 2.45) is 10.2 Å². The molecule has 4 N–H and O–H groups in total. The van der Waals surface area contributed by atoms with Gasteiger partial charge in [0.1, 0.15) is 27.8 Å². The molecule has 0 aliphatic carbocycles. The summed E-state index contributed by atoms with van der Waals surface area (Å²) in [6.45, 7) is 0. The number of methoxy groups -OCH3 is 2. The van der Waals surface area contributed by atoms with E-state index in [0.29, 0.717) is 0 Å². The molecule has 0 aliphatic rings. The largest absolute Gasteiger partial charge is 0.495 e. The highest BCUT2D eigenvalue weighted by atomic mass is 32.2. The fourth-order valence-electron chi connectivity index (χ4n) is 2.05. The minimum absolute atomic E-state index is 0.0853. The summed E-state index contributed by atoms with van der Waals surface area (Å²) in [5.41, 5.74) is 5.56. The maximum absolute atomic E-state index is 11.5. The minimum atomic E-state index is -4.74. The fourth-order valence-corrected chi connectivity index (χ4v) is 3.15. The van der Waals surface area contributed by atoms with Gasteiger partial charge in [-0.1, -0.05) is 0 Å². The molecule has 146 valence electrons. The number of hydrogen-bond donors (Lipinski definition) is 3. The Bertz CT molecular complexity index is 1110. The van der Waals surface area contributed by atoms with Gasteiger partial charge in [0.25, 0.3) is 20.2 Å². The van der Waals surface area contributed by atoms with Crippen LogP contribution in [-0.4, -0.2) is 40.2 Å². The number of nitrogens with zero attached hydrogens (tertiary/aromatic N) is 2. The maximum Gasteiger partial charge on any atom is 0.296 e. The van der Waals surface area contributed by atoms with E-state index in [2.05, 4.69) is 10.2 Å². The van der Waals surface area contributed by atoms with Crippen LogP contribution in [0.3, 0.4) is 0 Å². The normalized spacial score (nSPS) is 12.3. The summed E-state index contributed by atoms with van der Waals surface area (Å²) in [5.74, 6) is 0.419. The molecule has 0 atom stereocenters. The van der Waals surface area contributed by atoms with Gasteiger partial charge in [0.2, 0.25) is 0 Å². The van der Waals surface area contributed by atoms with Crippen molar-refractivity contribution < 1.29 is 35.4 Å². The van der Waals surface area contributed by atoms with Gasteiger partial charge in [0.15, 0.2) is 0 Å². The van der Waals surface area contributed by atoms with Crippen molar-refractivity contribution in [3.8, 4) is 11.5 Å². The van der Waals surface area contributed by atoms with Crippen LogP contribution >= 0.6 is 0 Å². The first-order valence-corrected chi connectivity index (χ1v) is 9.87. The molecule has 0 unspecified atom stereocenters. The number of benzene rings is 2. The van der Waals surface area contributed by atoms with E-state index in [-0.39, 0.29) is 22.9 Å². The van der Waals surface area contributed by atoms with Crippen LogP contribution in [-0.2, 0) is 20.2 Å². The summed E-state index contributed by atoms with van der Waals surface area (Å²) in [5, 5.41) is 7.47. The first-order chi connectivity index (χ1) is 12.5. The molecule has 2 rings (SSSR count). The zero-order chi connectivity index (χ0) is 20.4. The molecular formula is C14H15N3O8S2. The molecule has 11 nitrogen and oxygen atoms in total. The smallest absolute Gasteiger partial charge is 0.296 e. The SMILES string of the molecule is COc1cc(N=Nc2cc(S(=O)(=O)O)ccc2S(=O)(=O)O)c(OC)cc1N. The molecule has 0 aliphatic heterocycles. The molecule has 0 amide bonds. The maximum atomic E-state index is 11.5. The van der Waals surface area contributed by atoms with Crippen LogP contribution in [0.1, 0.15) is 0 Å². The fraction of sp³-hybridized carbons (Fsp3) is 0.143. The molecule has 0 fully saturated rings. The molecular weight excluding hydrogens is 402 g/mol. The van der Waals surface area contributed by atoms with E-state index in [9.17, 15) is 21.4 Å². The number of azo groups is 1. The summed E-state index contributed by atoms with van der Waals surface area (Å²) in [6.07, 6.45) is 0. The Balaban J connectivity index is 2.65. The van der Waals surface area contributed by atoms with Gasteiger partial charge in [0, 0.05) is 12.1 Å². The van der Waals surface area contributed by atoms with E-state index in [1.807, 2.05) is 0 Å². The van der Waals surface area contributed by atoms with Gasteiger partial charge >= 0.3 is 0 Å². The van der Waals surface area contributed by atoms with Crippen molar-refractivity contribution in [3.05, 3.63) is 30.3 Å². The molecule has 0 saturated heterocycles. The Morgan fingerprint density at radius 2 is 1.44 bits per heavy atom. The third kappa shape index (κ3) is 4.71. The van der Waals surface area contributed by atoms with Crippen LogP contribution in [0.25, 0.3) is 0 Å². The summed E-state index contributed by atoms with van der Waals surface area (Å²) in [6, 6.07) is 5.06. The van der Waals surface area contributed by atoms with Gasteiger partial charge in [0.05, 0.1) is 24.8 Å². The Hall–Kier alpha value is -2.74. The number of anilines is 1. The second-order valence-electron chi connectivity index (χ2n) is 5.05. The number of ether oxygens (including phenoxy) is 2. The van der Waals surface area contributed by atoms with E-state index >= 15 is 0 Å². The lowest BCUT2D eigenvalue weighted by Gasteiger charge is -2.09. The van der Waals surface area contributed by atoms with Crippen LogP contribution in [0.4, 0.5) is 17.1 Å². The lowest BCUT2D eigenvalue weighted by molar-refractivity contribution is 0.406. The first-order valence-electron chi connectivity index (χ1n) is 6.99. The van der Waals surface area contributed by atoms with Gasteiger partial charge in [-0.25, -0.2) is 0 Å². The van der Waals surface area contributed by atoms with Crippen LogP contribution in [0.2, 0.25) is 0 Å². The van der Waals surface area contributed by atoms with Gasteiger partial charge in [-0.05, 0) is 18.2 Å². The first kappa shape index (κ1) is 20.6. The summed E-state index contributed by atoms with van der Waals surface area (Å²) in [7, 11) is -6.68. The number of nitrogens with two attached hydrogens (primary N) is 1. The van der Waals surface area contributed by atoms with Crippen molar-refractivity contribution >= 4 is 37.3 Å². The van der Waals surface area contributed by atoms with E-state index in [1.54, 1.807) is 0 Å². The molecule has 0 bridgehead atoms. The third-order valence-electron chi connectivity index (χ3n) is 3.30. The van der Waals surface area contributed by atoms with E-state index < -0.39 is 35.7 Å². The zero-order valence-corrected chi connectivity index (χ0v) is 15.7. The topological polar surface area (TPSA) is 178 Å². The van der Waals surface area contributed by atoms with E-state index in [4.69, 9.17) is 19.8 Å². The molecule has 0 heterocycles. The third-order valence-corrected chi connectivity index (χ3v) is 5.05. The molecule has 0 spiro atoms. The average Bonchev–Trinajstić information content (AvgIpc) is 2.58. The standard InChI is InChI=1S/C14H15N3O8S2/c1-24-12-7-10(13(25-2)6-9(12)15)16-17-11-5-8(26(18,19)20)3-4-14(11)27(21,22)23/h3-7H,15H2,1-2H3,(H,18,19,20)(H,21,22,23). The summed E-state index contributed by atoms with van der Waals surface area (Å²) < 4.78 is 74.0. The number of nitrogen functional groups attached to an aromatic ring is 1. The predicted octanol–water partition coefficient (Wildman–Crippen LogP) is 2.19. The Morgan fingerprint density at radius 3 is 1.96 bits per heavy atom. The van der Waals surface area contributed by atoms with Crippen molar-refractivity contribution in [2.75, 3.05) is 20.0 Å². The van der Waals surface area contributed by atoms with Gasteiger partial charge in [-0.15, -0.1) is 10.2 Å². The second kappa shape index (κ2) is 7.48. The second-order valence-corrected chi connectivity index (χ2v) is 7.86. The lowest BCUT2D eigenvalue weighted by atomic mass is 10.2. The Labute approximate surface area is 154 Å². The molecule has 2 aromatic carbocycles. The van der Waals surface area contributed by atoms with E-state index in [1.165, 1.54) is 26.4 Å². The molecule has 2 aromatic rings. The van der Waals surface area contributed by atoms with Crippen molar-refractivity contribution in [2.45, 2.75) is 9.79 Å². The summed E-state index contributed by atoms with van der Waals surface area (Å²) >= 11 is 0. The van der Waals surface area contributed by atoms with Crippen LogP contribution in [0.15, 0.2) is 50.4 Å². The predicted molar refractivity (Wildman–Crippen MR) is 94.2 cm³/mol. The Kier molecular flexibility index (Phi) is 5.70. The van der Waals surface area contributed by atoms with Crippen molar-refractivity contribution in [3.63, 3.8) is 0 Å². The monoisotopic (exact) mass is 417 g/mol. The number of rotatable bonds is 6. The minimum Gasteiger partial charge on any atom is -0.495 e. The molecule has 0 aromatic heterocycles. The van der Waals surface area contributed by atoms with Gasteiger partial charge in [-0.2, -0.15) is 16.8 Å².